The maximum Gasteiger partial charge on any atom is 0.294 e. The van der Waals surface area contributed by atoms with Crippen LogP contribution >= 0.6 is 0 Å². The number of carbonyl (C=O) groups is 3. The quantitative estimate of drug-likeness (QED) is 0.481. The number of hydrogen-bond acceptors (Lipinski definition) is 5. The van der Waals surface area contributed by atoms with E-state index in [2.05, 4.69) is 5.32 Å². The SMILES string of the molecule is COc1ccc([C@H](C(=O)NC2CCCC2)N(C(=O)c2ccco2)c2ccc(C(C)=O)cc2)cc1. The molecular formula is C27H28N2O5. The number of amides is 2. The third-order valence-electron chi connectivity index (χ3n) is 6.14. The van der Waals surface area contributed by atoms with Crippen molar-refractivity contribution in [1.29, 1.82) is 0 Å². The molecule has 0 saturated heterocycles. The second-order valence-corrected chi connectivity index (χ2v) is 8.42. The van der Waals surface area contributed by atoms with Crippen LogP contribution in [0.15, 0.2) is 71.3 Å². The number of nitrogens with zero attached hydrogens (tertiary/aromatic N) is 1. The summed E-state index contributed by atoms with van der Waals surface area (Å²) in [5, 5.41) is 3.14. The molecule has 34 heavy (non-hydrogen) atoms. The molecule has 1 aromatic heterocycles. The van der Waals surface area contributed by atoms with Crippen LogP contribution in [0.4, 0.5) is 5.69 Å². The molecule has 176 valence electrons. The zero-order valence-electron chi connectivity index (χ0n) is 19.3. The number of nitrogens with one attached hydrogen (secondary N) is 1. The molecular weight excluding hydrogens is 432 g/mol. The second kappa shape index (κ2) is 10.4. The normalized spacial score (nSPS) is 14.4. The Labute approximate surface area is 198 Å². The molecule has 7 heteroatoms. The fraction of sp³-hybridized carbons (Fsp3) is 0.296. The van der Waals surface area contributed by atoms with Crippen LogP contribution in [-0.4, -0.2) is 30.7 Å². The predicted molar refractivity (Wildman–Crippen MR) is 128 cm³/mol. The highest BCUT2D eigenvalue weighted by atomic mass is 16.5. The van der Waals surface area contributed by atoms with Gasteiger partial charge in [-0.25, -0.2) is 0 Å². The molecule has 1 aliphatic carbocycles. The largest absolute Gasteiger partial charge is 0.497 e. The third-order valence-corrected chi connectivity index (χ3v) is 6.14. The van der Waals surface area contributed by atoms with Crippen molar-refractivity contribution in [2.75, 3.05) is 12.0 Å². The van der Waals surface area contributed by atoms with Crippen LogP contribution in [0.25, 0.3) is 0 Å². The molecule has 1 N–H and O–H groups in total. The van der Waals surface area contributed by atoms with Gasteiger partial charge >= 0.3 is 0 Å². The van der Waals surface area contributed by atoms with Crippen molar-refractivity contribution in [2.45, 2.75) is 44.7 Å². The Morgan fingerprint density at radius 2 is 1.68 bits per heavy atom. The lowest BCUT2D eigenvalue weighted by molar-refractivity contribution is -0.123. The molecule has 0 radical (unpaired) electrons. The van der Waals surface area contributed by atoms with Crippen molar-refractivity contribution in [3.8, 4) is 5.75 Å². The summed E-state index contributed by atoms with van der Waals surface area (Å²) in [6.45, 7) is 1.48. The molecule has 0 bridgehead atoms. The molecule has 0 spiro atoms. The molecule has 1 fully saturated rings. The molecule has 0 unspecified atom stereocenters. The van der Waals surface area contributed by atoms with Gasteiger partial charge in [-0.2, -0.15) is 0 Å². The Balaban J connectivity index is 1.80. The number of methoxy groups -OCH3 is 1. The Hall–Kier alpha value is -3.87. The number of rotatable bonds is 8. The Kier molecular flexibility index (Phi) is 7.11. The number of benzene rings is 2. The monoisotopic (exact) mass is 460 g/mol. The van der Waals surface area contributed by atoms with E-state index >= 15 is 0 Å². The van der Waals surface area contributed by atoms with Crippen LogP contribution in [-0.2, 0) is 4.79 Å². The number of hydrogen-bond donors (Lipinski definition) is 1. The summed E-state index contributed by atoms with van der Waals surface area (Å²) in [6.07, 6.45) is 5.39. The molecule has 2 amide bonds. The summed E-state index contributed by atoms with van der Waals surface area (Å²) in [5.74, 6) is -0.0482. The highest BCUT2D eigenvalue weighted by molar-refractivity contribution is 6.09. The minimum absolute atomic E-state index is 0.0777. The predicted octanol–water partition coefficient (Wildman–Crippen LogP) is 4.94. The van der Waals surface area contributed by atoms with Crippen molar-refractivity contribution in [3.05, 3.63) is 83.8 Å². The summed E-state index contributed by atoms with van der Waals surface area (Å²) < 4.78 is 10.7. The second-order valence-electron chi connectivity index (χ2n) is 8.42. The first-order valence-electron chi connectivity index (χ1n) is 11.4. The van der Waals surface area contributed by atoms with Gasteiger partial charge in [-0.05, 0) is 73.9 Å². The fourth-order valence-corrected chi connectivity index (χ4v) is 4.31. The van der Waals surface area contributed by atoms with Crippen LogP contribution < -0.4 is 15.0 Å². The van der Waals surface area contributed by atoms with E-state index in [1.54, 1.807) is 67.8 Å². The van der Waals surface area contributed by atoms with Gasteiger partial charge in [0.15, 0.2) is 11.5 Å². The van der Waals surface area contributed by atoms with E-state index in [-0.39, 0.29) is 23.5 Å². The summed E-state index contributed by atoms with van der Waals surface area (Å²) in [6, 6.07) is 16.1. The van der Waals surface area contributed by atoms with Gasteiger partial charge in [0.25, 0.3) is 5.91 Å². The van der Waals surface area contributed by atoms with E-state index in [1.807, 2.05) is 0 Å². The molecule has 2 aromatic carbocycles. The first kappa shape index (κ1) is 23.3. The zero-order valence-corrected chi connectivity index (χ0v) is 19.3. The average Bonchev–Trinajstić information content (AvgIpc) is 3.57. The molecule has 1 atom stereocenters. The van der Waals surface area contributed by atoms with Crippen LogP contribution in [0, 0.1) is 0 Å². The Morgan fingerprint density at radius 1 is 1.00 bits per heavy atom. The Morgan fingerprint density at radius 3 is 2.24 bits per heavy atom. The molecule has 0 aliphatic heterocycles. The van der Waals surface area contributed by atoms with Gasteiger partial charge < -0.3 is 14.5 Å². The van der Waals surface area contributed by atoms with E-state index < -0.39 is 11.9 Å². The summed E-state index contributed by atoms with van der Waals surface area (Å²) in [5.41, 5.74) is 1.63. The van der Waals surface area contributed by atoms with Crippen LogP contribution in [0.1, 0.15) is 65.1 Å². The lowest BCUT2D eigenvalue weighted by Crippen LogP contribution is -2.46. The van der Waals surface area contributed by atoms with Gasteiger partial charge in [-0.3, -0.25) is 19.3 Å². The first-order chi connectivity index (χ1) is 16.5. The van der Waals surface area contributed by atoms with Crippen LogP contribution in [0.5, 0.6) is 5.75 Å². The van der Waals surface area contributed by atoms with Gasteiger partial charge in [0.1, 0.15) is 11.8 Å². The van der Waals surface area contributed by atoms with Gasteiger partial charge in [0.2, 0.25) is 5.91 Å². The minimum Gasteiger partial charge on any atom is -0.497 e. The smallest absolute Gasteiger partial charge is 0.294 e. The van der Waals surface area contributed by atoms with E-state index in [0.717, 1.165) is 25.7 Å². The van der Waals surface area contributed by atoms with E-state index in [4.69, 9.17) is 9.15 Å². The standard InChI is InChI=1S/C27H28N2O5/c1-18(30)19-9-13-22(14-10-19)29(27(32)24-8-5-17-34-24)25(20-11-15-23(33-2)16-12-20)26(31)28-21-6-3-4-7-21/h5,8-17,21,25H,3-4,6-7H2,1-2H3,(H,28,31)/t25-/m1/s1. The number of ether oxygens (including phenoxy) is 1. The molecule has 1 saturated carbocycles. The molecule has 1 aliphatic rings. The number of ketones is 1. The number of furan rings is 1. The summed E-state index contributed by atoms with van der Waals surface area (Å²) in [4.78, 5) is 40.6. The van der Waals surface area contributed by atoms with Crippen LogP contribution in [0.2, 0.25) is 0 Å². The van der Waals surface area contributed by atoms with Crippen molar-refractivity contribution in [3.63, 3.8) is 0 Å². The van der Waals surface area contributed by atoms with E-state index in [1.165, 1.54) is 18.1 Å². The van der Waals surface area contributed by atoms with Crippen molar-refractivity contribution in [2.24, 2.45) is 0 Å². The maximum atomic E-state index is 13.7. The molecule has 3 aromatic rings. The first-order valence-corrected chi connectivity index (χ1v) is 11.4. The van der Waals surface area contributed by atoms with E-state index in [9.17, 15) is 14.4 Å². The molecule has 4 rings (SSSR count). The summed E-state index contributed by atoms with van der Waals surface area (Å²) in [7, 11) is 1.57. The van der Waals surface area contributed by atoms with Gasteiger partial charge in [-0.1, -0.05) is 25.0 Å². The lowest BCUT2D eigenvalue weighted by Gasteiger charge is -2.32. The van der Waals surface area contributed by atoms with Gasteiger partial charge in [0, 0.05) is 17.3 Å². The maximum absolute atomic E-state index is 13.7. The van der Waals surface area contributed by atoms with Crippen molar-refractivity contribution in [1.82, 2.24) is 5.32 Å². The Bertz CT molecular complexity index is 1130. The molecule has 7 nitrogen and oxygen atoms in total. The average molecular weight is 461 g/mol. The zero-order chi connectivity index (χ0) is 24.1. The number of carbonyl (C=O) groups excluding carboxylic acids is 3. The van der Waals surface area contributed by atoms with Crippen LogP contribution in [0.3, 0.4) is 0 Å². The lowest BCUT2D eigenvalue weighted by atomic mass is 10.0. The highest BCUT2D eigenvalue weighted by Gasteiger charge is 2.35. The molecule has 1 heterocycles. The van der Waals surface area contributed by atoms with E-state index in [0.29, 0.717) is 22.6 Å². The third kappa shape index (κ3) is 5.03. The summed E-state index contributed by atoms with van der Waals surface area (Å²) >= 11 is 0. The van der Waals surface area contributed by atoms with Gasteiger partial charge in [-0.15, -0.1) is 0 Å². The highest BCUT2D eigenvalue weighted by Crippen LogP contribution is 2.32. The minimum atomic E-state index is -0.952. The number of anilines is 1. The topological polar surface area (TPSA) is 88.8 Å². The van der Waals surface area contributed by atoms with Gasteiger partial charge in [0.05, 0.1) is 13.4 Å². The van der Waals surface area contributed by atoms with Crippen molar-refractivity contribution >= 4 is 23.3 Å². The fourth-order valence-electron chi connectivity index (χ4n) is 4.31. The van der Waals surface area contributed by atoms with Crippen molar-refractivity contribution < 1.29 is 23.5 Å². The number of Topliss-reactive ketones (excluding diaryl/α,β-unsaturated/α-hetero) is 1.